The number of rotatable bonds is 5. The molecule has 2 heterocycles. The minimum absolute atomic E-state index is 0.142. The summed E-state index contributed by atoms with van der Waals surface area (Å²) in [4.78, 5) is 17.4. The van der Waals surface area contributed by atoms with Crippen molar-refractivity contribution < 1.29 is 9.21 Å². The molecule has 0 atom stereocenters. The summed E-state index contributed by atoms with van der Waals surface area (Å²) in [6, 6.07) is 3.48. The fourth-order valence-corrected chi connectivity index (χ4v) is 1.70. The average molecular weight is 275 g/mol. The second kappa shape index (κ2) is 6.65. The van der Waals surface area contributed by atoms with E-state index >= 15 is 0 Å². The van der Waals surface area contributed by atoms with Gasteiger partial charge in [-0.2, -0.15) is 0 Å². The van der Waals surface area contributed by atoms with Crippen LogP contribution >= 0.6 is 0 Å². The zero-order chi connectivity index (χ0) is 14.4. The molecule has 0 aliphatic rings. The Morgan fingerprint density at radius 3 is 2.80 bits per heavy atom. The van der Waals surface area contributed by atoms with E-state index in [0.717, 1.165) is 5.56 Å². The van der Waals surface area contributed by atoms with Crippen LogP contribution in [-0.2, 0) is 6.54 Å². The highest BCUT2D eigenvalue weighted by Gasteiger charge is 2.12. The molecule has 2 aromatic rings. The van der Waals surface area contributed by atoms with Crippen molar-refractivity contribution in [2.45, 2.75) is 20.4 Å². The molecule has 2 amide bonds. The highest BCUT2D eigenvalue weighted by atomic mass is 16.4. The van der Waals surface area contributed by atoms with Crippen molar-refractivity contribution >= 4 is 6.03 Å². The summed E-state index contributed by atoms with van der Waals surface area (Å²) in [6.45, 7) is 5.38. The summed E-state index contributed by atoms with van der Waals surface area (Å²) in [5, 5.41) is 10.6. The first kappa shape index (κ1) is 14.0. The molecule has 7 heteroatoms. The van der Waals surface area contributed by atoms with E-state index in [1.165, 1.54) is 0 Å². The fraction of sp³-hybridized carbons (Fsp3) is 0.385. The van der Waals surface area contributed by atoms with Crippen LogP contribution in [0.4, 0.5) is 4.79 Å². The second-order valence-corrected chi connectivity index (χ2v) is 4.07. The number of amides is 2. The lowest BCUT2D eigenvalue weighted by Crippen LogP contribution is -2.39. The summed E-state index contributed by atoms with van der Waals surface area (Å²) in [5.41, 5.74) is 0.751. The van der Waals surface area contributed by atoms with Gasteiger partial charge in [-0.1, -0.05) is 0 Å². The van der Waals surface area contributed by atoms with Crippen molar-refractivity contribution in [2.24, 2.45) is 0 Å². The smallest absolute Gasteiger partial charge is 0.317 e. The van der Waals surface area contributed by atoms with Crippen LogP contribution in [0.5, 0.6) is 0 Å². The maximum Gasteiger partial charge on any atom is 0.317 e. The van der Waals surface area contributed by atoms with E-state index in [0.29, 0.717) is 24.9 Å². The Bertz CT molecular complexity index is 551. The van der Waals surface area contributed by atoms with E-state index in [1.807, 2.05) is 19.9 Å². The molecule has 2 rings (SSSR count). The number of hydrogen-bond donors (Lipinski definition) is 1. The third kappa shape index (κ3) is 3.31. The number of carbonyl (C=O) groups excluding carboxylic acids is 1. The first-order chi connectivity index (χ1) is 9.74. The molecule has 20 heavy (non-hydrogen) atoms. The van der Waals surface area contributed by atoms with Gasteiger partial charge in [-0.05, 0) is 26.0 Å². The van der Waals surface area contributed by atoms with E-state index in [2.05, 4.69) is 20.5 Å². The van der Waals surface area contributed by atoms with Crippen molar-refractivity contribution in [1.82, 2.24) is 25.4 Å². The lowest BCUT2D eigenvalue weighted by Gasteiger charge is -2.18. The molecule has 0 aliphatic carbocycles. The predicted octanol–water partition coefficient (Wildman–Crippen LogP) is 1.68. The molecule has 0 bridgehead atoms. The quantitative estimate of drug-likeness (QED) is 0.897. The number of carbonyl (C=O) groups is 1. The summed E-state index contributed by atoms with van der Waals surface area (Å²) in [7, 11) is 0. The largest absolute Gasteiger partial charge is 0.419 e. The molecule has 7 nitrogen and oxygen atoms in total. The maximum absolute atomic E-state index is 11.8. The van der Waals surface area contributed by atoms with Gasteiger partial charge in [0.1, 0.15) is 0 Å². The molecule has 0 spiro atoms. The number of nitrogens with zero attached hydrogens (tertiary/aromatic N) is 4. The first-order valence-electron chi connectivity index (χ1n) is 6.50. The molecule has 0 saturated carbocycles. The van der Waals surface area contributed by atoms with E-state index < -0.39 is 0 Å². The molecule has 0 saturated heterocycles. The van der Waals surface area contributed by atoms with Gasteiger partial charge < -0.3 is 14.6 Å². The van der Waals surface area contributed by atoms with Gasteiger partial charge in [0.15, 0.2) is 0 Å². The number of hydrogen-bond acceptors (Lipinski definition) is 5. The molecule has 0 aromatic carbocycles. The van der Waals surface area contributed by atoms with Crippen molar-refractivity contribution in [3.63, 3.8) is 0 Å². The van der Waals surface area contributed by atoms with Crippen LogP contribution < -0.4 is 5.32 Å². The van der Waals surface area contributed by atoms with Gasteiger partial charge in [0.05, 0.1) is 12.1 Å². The van der Waals surface area contributed by atoms with Crippen molar-refractivity contribution in [3.8, 4) is 11.5 Å². The first-order valence-corrected chi connectivity index (χ1v) is 6.50. The van der Waals surface area contributed by atoms with Crippen molar-refractivity contribution in [2.75, 3.05) is 13.1 Å². The maximum atomic E-state index is 11.8. The van der Waals surface area contributed by atoms with E-state index in [1.54, 1.807) is 23.4 Å². The van der Waals surface area contributed by atoms with E-state index in [9.17, 15) is 4.79 Å². The van der Waals surface area contributed by atoms with Crippen LogP contribution in [0, 0.1) is 0 Å². The van der Waals surface area contributed by atoms with Gasteiger partial charge >= 0.3 is 6.03 Å². The predicted molar refractivity (Wildman–Crippen MR) is 72.7 cm³/mol. The molecule has 1 N–H and O–H groups in total. The van der Waals surface area contributed by atoms with Crippen LogP contribution in [0.2, 0.25) is 0 Å². The SMILES string of the molecule is CCN(CC)C(=O)NCc1nnc(-c2cccnc2)o1. The van der Waals surface area contributed by atoms with Gasteiger partial charge in [0, 0.05) is 25.5 Å². The van der Waals surface area contributed by atoms with Crippen LogP contribution in [0.3, 0.4) is 0 Å². The van der Waals surface area contributed by atoms with Gasteiger partial charge in [-0.15, -0.1) is 10.2 Å². The third-order valence-corrected chi connectivity index (χ3v) is 2.82. The van der Waals surface area contributed by atoms with Crippen LogP contribution in [0.1, 0.15) is 19.7 Å². The van der Waals surface area contributed by atoms with Gasteiger partial charge in [-0.3, -0.25) is 4.98 Å². The van der Waals surface area contributed by atoms with Gasteiger partial charge in [0.2, 0.25) is 11.8 Å². The molecule has 0 radical (unpaired) electrons. The topological polar surface area (TPSA) is 84.2 Å². The fourth-order valence-electron chi connectivity index (χ4n) is 1.70. The Labute approximate surface area is 117 Å². The average Bonchev–Trinajstić information content (AvgIpc) is 2.96. The van der Waals surface area contributed by atoms with Gasteiger partial charge in [-0.25, -0.2) is 4.79 Å². The molecular formula is C13H17N5O2. The highest BCUT2D eigenvalue weighted by molar-refractivity contribution is 5.73. The second-order valence-electron chi connectivity index (χ2n) is 4.07. The normalized spacial score (nSPS) is 10.3. The number of aromatic nitrogens is 3. The highest BCUT2D eigenvalue weighted by Crippen LogP contribution is 2.15. The molecular weight excluding hydrogens is 258 g/mol. The van der Waals surface area contributed by atoms with Crippen LogP contribution in [0.15, 0.2) is 28.9 Å². The summed E-state index contributed by atoms with van der Waals surface area (Å²) in [6.07, 6.45) is 3.32. The Morgan fingerprint density at radius 1 is 1.35 bits per heavy atom. The van der Waals surface area contributed by atoms with Gasteiger partial charge in [0.25, 0.3) is 0 Å². The number of nitrogens with one attached hydrogen (secondary N) is 1. The minimum Gasteiger partial charge on any atom is -0.419 e. The lowest BCUT2D eigenvalue weighted by atomic mass is 10.3. The summed E-state index contributed by atoms with van der Waals surface area (Å²) in [5.74, 6) is 0.759. The molecule has 106 valence electrons. The van der Waals surface area contributed by atoms with Crippen LogP contribution in [-0.4, -0.2) is 39.2 Å². The summed E-state index contributed by atoms with van der Waals surface area (Å²) >= 11 is 0. The third-order valence-electron chi connectivity index (χ3n) is 2.82. The van der Waals surface area contributed by atoms with Crippen LogP contribution in [0.25, 0.3) is 11.5 Å². The monoisotopic (exact) mass is 275 g/mol. The minimum atomic E-state index is -0.142. The Hall–Kier alpha value is -2.44. The lowest BCUT2D eigenvalue weighted by molar-refractivity contribution is 0.201. The number of pyridine rings is 1. The Morgan fingerprint density at radius 2 is 2.15 bits per heavy atom. The Balaban J connectivity index is 1.95. The zero-order valence-corrected chi connectivity index (χ0v) is 11.5. The summed E-state index contributed by atoms with van der Waals surface area (Å²) < 4.78 is 5.47. The molecule has 0 fully saturated rings. The molecule has 0 aliphatic heterocycles. The van der Waals surface area contributed by atoms with E-state index in [4.69, 9.17) is 4.42 Å². The zero-order valence-electron chi connectivity index (χ0n) is 11.5. The number of urea groups is 1. The van der Waals surface area contributed by atoms with Crippen molar-refractivity contribution in [3.05, 3.63) is 30.4 Å². The molecule has 0 unspecified atom stereocenters. The standard InChI is InChI=1S/C13H17N5O2/c1-3-18(4-2)13(19)15-9-11-16-17-12(20-11)10-6-5-7-14-8-10/h5-8H,3-4,9H2,1-2H3,(H,15,19). The van der Waals surface area contributed by atoms with Crippen molar-refractivity contribution in [1.29, 1.82) is 0 Å². The molecule has 2 aromatic heterocycles. The van der Waals surface area contributed by atoms with E-state index in [-0.39, 0.29) is 12.6 Å². The Kier molecular flexibility index (Phi) is 4.65.